The van der Waals surface area contributed by atoms with Gasteiger partial charge in [-0.2, -0.15) is 0 Å². The van der Waals surface area contributed by atoms with E-state index in [2.05, 4.69) is 5.32 Å². The Balaban J connectivity index is 1.64. The molecular weight excluding hydrogens is 386 g/mol. The van der Waals surface area contributed by atoms with E-state index in [4.69, 9.17) is 4.74 Å². The Kier molecular flexibility index (Phi) is 6.77. The number of benzene rings is 3. The molecule has 5 nitrogen and oxygen atoms in total. The van der Waals surface area contributed by atoms with Gasteiger partial charge in [-0.15, -0.1) is 0 Å². The SMILES string of the molecule is CC[S@@](=O)c1ccccc1C(=O)OCC(=O)N[C@@H](C)c1cccc2ccccc12. The molecular formula is C23H23NO4S. The van der Waals surface area contributed by atoms with Crippen LogP contribution in [0.2, 0.25) is 0 Å². The number of nitrogens with one attached hydrogen (secondary N) is 1. The summed E-state index contributed by atoms with van der Waals surface area (Å²) in [6, 6.07) is 20.2. The summed E-state index contributed by atoms with van der Waals surface area (Å²) in [5, 5.41) is 5.03. The van der Waals surface area contributed by atoms with Gasteiger partial charge in [-0.3, -0.25) is 9.00 Å². The fourth-order valence-corrected chi connectivity index (χ4v) is 4.13. The van der Waals surface area contributed by atoms with E-state index in [0.29, 0.717) is 10.6 Å². The molecule has 1 N–H and O–H groups in total. The lowest BCUT2D eigenvalue weighted by atomic mass is 10.00. The van der Waals surface area contributed by atoms with Crippen LogP contribution >= 0.6 is 0 Å². The third-order valence-electron chi connectivity index (χ3n) is 4.62. The molecule has 1 amide bonds. The minimum absolute atomic E-state index is 0.225. The molecule has 0 saturated heterocycles. The molecule has 6 heteroatoms. The Hall–Kier alpha value is -2.99. The van der Waals surface area contributed by atoms with E-state index >= 15 is 0 Å². The van der Waals surface area contributed by atoms with Crippen LogP contribution in [0.25, 0.3) is 10.8 Å². The highest BCUT2D eigenvalue weighted by Crippen LogP contribution is 2.24. The van der Waals surface area contributed by atoms with Crippen molar-refractivity contribution in [2.24, 2.45) is 0 Å². The zero-order valence-corrected chi connectivity index (χ0v) is 17.2. The zero-order valence-electron chi connectivity index (χ0n) is 16.4. The van der Waals surface area contributed by atoms with Crippen molar-refractivity contribution in [2.45, 2.75) is 24.8 Å². The van der Waals surface area contributed by atoms with Crippen LogP contribution < -0.4 is 5.32 Å². The van der Waals surface area contributed by atoms with E-state index in [0.717, 1.165) is 16.3 Å². The second-order valence-corrected chi connectivity index (χ2v) is 8.27. The van der Waals surface area contributed by atoms with Crippen LogP contribution in [0.5, 0.6) is 0 Å². The molecule has 0 aliphatic carbocycles. The quantitative estimate of drug-likeness (QED) is 0.599. The van der Waals surface area contributed by atoms with Crippen molar-refractivity contribution in [2.75, 3.05) is 12.4 Å². The molecule has 0 unspecified atom stereocenters. The van der Waals surface area contributed by atoms with Crippen LogP contribution in [0.4, 0.5) is 0 Å². The van der Waals surface area contributed by atoms with E-state index in [-0.39, 0.29) is 11.6 Å². The highest BCUT2D eigenvalue weighted by molar-refractivity contribution is 7.85. The first-order valence-corrected chi connectivity index (χ1v) is 10.7. The van der Waals surface area contributed by atoms with Gasteiger partial charge in [0, 0.05) is 5.75 Å². The fourth-order valence-electron chi connectivity index (χ4n) is 3.19. The van der Waals surface area contributed by atoms with Crippen molar-refractivity contribution in [1.29, 1.82) is 0 Å². The molecule has 0 aliphatic rings. The number of carbonyl (C=O) groups is 2. The number of esters is 1. The topological polar surface area (TPSA) is 72.5 Å². The smallest absolute Gasteiger partial charge is 0.339 e. The molecule has 150 valence electrons. The van der Waals surface area contributed by atoms with E-state index in [1.807, 2.05) is 49.4 Å². The molecule has 0 saturated carbocycles. The van der Waals surface area contributed by atoms with Gasteiger partial charge in [0.25, 0.3) is 5.91 Å². The Bertz CT molecular complexity index is 1060. The molecule has 0 radical (unpaired) electrons. The lowest BCUT2D eigenvalue weighted by Crippen LogP contribution is -2.31. The van der Waals surface area contributed by atoms with Gasteiger partial charge in [0.2, 0.25) is 0 Å². The number of ether oxygens (including phenoxy) is 1. The maximum Gasteiger partial charge on any atom is 0.339 e. The fraction of sp³-hybridized carbons (Fsp3) is 0.217. The van der Waals surface area contributed by atoms with Gasteiger partial charge in [0.05, 0.1) is 27.3 Å². The summed E-state index contributed by atoms with van der Waals surface area (Å²) in [5.74, 6) is -0.656. The van der Waals surface area contributed by atoms with Crippen molar-refractivity contribution in [1.82, 2.24) is 5.32 Å². The monoisotopic (exact) mass is 409 g/mol. The zero-order chi connectivity index (χ0) is 20.8. The predicted octanol–water partition coefficient (Wildman–Crippen LogP) is 4.00. The van der Waals surface area contributed by atoms with Gasteiger partial charge in [-0.05, 0) is 35.4 Å². The third kappa shape index (κ3) is 4.90. The third-order valence-corrected chi connectivity index (χ3v) is 5.99. The predicted molar refractivity (Wildman–Crippen MR) is 114 cm³/mol. The van der Waals surface area contributed by atoms with Crippen LogP contribution in [0.1, 0.15) is 35.8 Å². The van der Waals surface area contributed by atoms with Crippen molar-refractivity contribution in [3.8, 4) is 0 Å². The Morgan fingerprint density at radius 2 is 1.69 bits per heavy atom. The maximum absolute atomic E-state index is 12.4. The van der Waals surface area contributed by atoms with Gasteiger partial charge in [0.15, 0.2) is 6.61 Å². The summed E-state index contributed by atoms with van der Waals surface area (Å²) in [7, 11) is -1.29. The highest BCUT2D eigenvalue weighted by atomic mass is 32.2. The van der Waals surface area contributed by atoms with E-state index < -0.39 is 29.3 Å². The summed E-state index contributed by atoms with van der Waals surface area (Å²) in [4.78, 5) is 25.1. The Labute approximate surface area is 172 Å². The molecule has 0 heterocycles. The largest absolute Gasteiger partial charge is 0.452 e. The van der Waals surface area contributed by atoms with Gasteiger partial charge < -0.3 is 10.1 Å². The molecule has 3 aromatic rings. The molecule has 0 spiro atoms. The number of carbonyl (C=O) groups excluding carboxylic acids is 2. The average molecular weight is 410 g/mol. The van der Waals surface area contributed by atoms with Gasteiger partial charge in [0.1, 0.15) is 0 Å². The summed E-state index contributed by atoms with van der Waals surface area (Å²) in [6.45, 7) is 3.27. The van der Waals surface area contributed by atoms with Gasteiger partial charge >= 0.3 is 5.97 Å². The van der Waals surface area contributed by atoms with Crippen LogP contribution in [-0.2, 0) is 20.3 Å². The number of amides is 1. The molecule has 29 heavy (non-hydrogen) atoms. The molecule has 0 bridgehead atoms. The second-order valence-electron chi connectivity index (χ2n) is 6.56. The lowest BCUT2D eigenvalue weighted by molar-refractivity contribution is -0.124. The number of hydrogen-bond donors (Lipinski definition) is 1. The van der Waals surface area contributed by atoms with E-state index in [9.17, 15) is 13.8 Å². The maximum atomic E-state index is 12.4. The standard InChI is InChI=1S/C23H23NO4S/c1-3-29(27)21-14-7-6-12-20(21)23(26)28-15-22(25)24-16(2)18-13-8-10-17-9-4-5-11-19(17)18/h4-14,16H,3,15H2,1-2H3,(H,24,25)/t16-,29+/m0/s1. The van der Waals surface area contributed by atoms with Crippen molar-refractivity contribution < 1.29 is 18.5 Å². The van der Waals surface area contributed by atoms with Crippen molar-refractivity contribution in [3.05, 3.63) is 77.9 Å². The molecule has 0 fully saturated rings. The Morgan fingerprint density at radius 1 is 1.00 bits per heavy atom. The second kappa shape index (κ2) is 9.47. The number of fused-ring (bicyclic) bond motifs is 1. The van der Waals surface area contributed by atoms with Crippen LogP contribution in [0, 0.1) is 0 Å². The van der Waals surface area contributed by atoms with Gasteiger partial charge in [-0.25, -0.2) is 4.79 Å². The van der Waals surface area contributed by atoms with Crippen LogP contribution in [-0.4, -0.2) is 28.4 Å². The number of rotatable bonds is 7. The summed E-state index contributed by atoms with van der Waals surface area (Å²) in [6.07, 6.45) is 0. The normalized spacial score (nSPS) is 12.9. The molecule has 2 atom stereocenters. The first-order valence-electron chi connectivity index (χ1n) is 9.42. The van der Waals surface area contributed by atoms with E-state index in [1.165, 1.54) is 0 Å². The lowest BCUT2D eigenvalue weighted by Gasteiger charge is -2.17. The average Bonchev–Trinajstić information content (AvgIpc) is 2.76. The summed E-state index contributed by atoms with van der Waals surface area (Å²) < 4.78 is 17.3. The van der Waals surface area contributed by atoms with Gasteiger partial charge in [-0.1, -0.05) is 61.5 Å². The van der Waals surface area contributed by atoms with E-state index in [1.54, 1.807) is 31.2 Å². The van der Waals surface area contributed by atoms with Crippen molar-refractivity contribution >= 4 is 33.4 Å². The molecule has 3 aromatic carbocycles. The minimum atomic E-state index is -1.29. The first-order chi connectivity index (χ1) is 14.0. The number of hydrogen-bond acceptors (Lipinski definition) is 4. The minimum Gasteiger partial charge on any atom is -0.452 e. The first kappa shape index (κ1) is 20.7. The molecule has 0 aliphatic heterocycles. The summed E-state index contributed by atoms with van der Waals surface area (Å²) in [5.41, 5.74) is 1.22. The molecule has 3 rings (SSSR count). The van der Waals surface area contributed by atoms with Crippen molar-refractivity contribution in [3.63, 3.8) is 0 Å². The Morgan fingerprint density at radius 3 is 2.48 bits per heavy atom. The van der Waals surface area contributed by atoms with Crippen LogP contribution in [0.3, 0.4) is 0 Å². The molecule has 0 aromatic heterocycles. The highest BCUT2D eigenvalue weighted by Gasteiger charge is 2.18. The summed E-state index contributed by atoms with van der Waals surface area (Å²) >= 11 is 0. The van der Waals surface area contributed by atoms with Crippen LogP contribution in [0.15, 0.2) is 71.6 Å².